The number of aryl methyl sites for hydroxylation is 1. The number of hydrogen-bond donors (Lipinski definition) is 2. The number of fused-ring (bicyclic) bond motifs is 1. The van der Waals surface area contributed by atoms with Crippen LogP contribution in [0.15, 0.2) is 29.2 Å². The van der Waals surface area contributed by atoms with Gasteiger partial charge in [0, 0.05) is 51.4 Å². The average molecular weight is 420 g/mol. The lowest BCUT2D eigenvalue weighted by molar-refractivity contribution is -0.0277. The second kappa shape index (κ2) is 7.38. The molecular formula is C21H24N8O2. The molecule has 2 aliphatic rings. The lowest BCUT2D eigenvalue weighted by Gasteiger charge is -2.60. The molecule has 160 valence electrons. The summed E-state index contributed by atoms with van der Waals surface area (Å²) in [6, 6.07) is 5.52. The van der Waals surface area contributed by atoms with Gasteiger partial charge in [-0.1, -0.05) is 6.92 Å². The molecule has 0 atom stereocenters. The number of pyridine rings is 1. The van der Waals surface area contributed by atoms with Gasteiger partial charge in [-0.05, 0) is 30.2 Å². The van der Waals surface area contributed by atoms with Crippen LogP contribution in [0.2, 0.25) is 0 Å². The second-order valence-corrected chi connectivity index (χ2v) is 8.44. The van der Waals surface area contributed by atoms with Gasteiger partial charge >= 0.3 is 0 Å². The Kier molecular flexibility index (Phi) is 4.66. The van der Waals surface area contributed by atoms with Crippen LogP contribution in [0.25, 0.3) is 11.2 Å². The SMILES string of the molecule is CCc1nc2ncc(CN3CC4(C3)CN(c3ccc(C(=O)NC)nn3)C4)cc2[nH]c1=O. The van der Waals surface area contributed by atoms with Crippen molar-refractivity contribution in [2.75, 3.05) is 38.1 Å². The van der Waals surface area contributed by atoms with Gasteiger partial charge in [0.1, 0.15) is 5.69 Å². The fourth-order valence-corrected chi connectivity index (χ4v) is 4.52. The number of nitrogens with zero attached hydrogens (tertiary/aromatic N) is 6. The Labute approximate surface area is 178 Å². The summed E-state index contributed by atoms with van der Waals surface area (Å²) in [5, 5.41) is 10.7. The summed E-state index contributed by atoms with van der Waals surface area (Å²) in [7, 11) is 1.58. The highest BCUT2D eigenvalue weighted by atomic mass is 16.1. The van der Waals surface area contributed by atoms with E-state index in [2.05, 4.69) is 40.3 Å². The monoisotopic (exact) mass is 420 g/mol. The summed E-state index contributed by atoms with van der Waals surface area (Å²) in [6.45, 7) is 6.59. The van der Waals surface area contributed by atoms with Crippen LogP contribution in [0, 0.1) is 5.41 Å². The van der Waals surface area contributed by atoms with Crippen LogP contribution < -0.4 is 15.8 Å². The molecule has 0 unspecified atom stereocenters. The lowest BCUT2D eigenvalue weighted by atomic mass is 9.72. The number of likely N-dealkylation sites (tertiary alicyclic amines) is 1. The van der Waals surface area contributed by atoms with Crippen molar-refractivity contribution in [1.82, 2.24) is 35.4 Å². The maximum Gasteiger partial charge on any atom is 0.271 e. The molecule has 2 saturated heterocycles. The van der Waals surface area contributed by atoms with Crippen molar-refractivity contribution in [3.63, 3.8) is 0 Å². The summed E-state index contributed by atoms with van der Waals surface area (Å²) in [5.41, 5.74) is 3.32. The molecule has 3 aromatic rings. The lowest BCUT2D eigenvalue weighted by Crippen LogP contribution is -2.72. The molecule has 1 spiro atoms. The molecule has 10 nitrogen and oxygen atoms in total. The minimum Gasteiger partial charge on any atom is -0.354 e. The topological polar surface area (TPSA) is 120 Å². The van der Waals surface area contributed by atoms with Crippen molar-refractivity contribution in [2.24, 2.45) is 5.41 Å². The van der Waals surface area contributed by atoms with E-state index in [4.69, 9.17) is 0 Å². The van der Waals surface area contributed by atoms with Crippen LogP contribution in [-0.4, -0.2) is 69.2 Å². The molecule has 0 aliphatic carbocycles. The largest absolute Gasteiger partial charge is 0.354 e. The summed E-state index contributed by atoms with van der Waals surface area (Å²) in [6.07, 6.45) is 2.43. The van der Waals surface area contributed by atoms with E-state index in [-0.39, 0.29) is 16.9 Å². The van der Waals surface area contributed by atoms with Crippen molar-refractivity contribution in [3.05, 3.63) is 51.7 Å². The molecule has 5 heterocycles. The summed E-state index contributed by atoms with van der Waals surface area (Å²) in [5.74, 6) is 0.570. The maximum absolute atomic E-state index is 12.0. The third-order valence-corrected chi connectivity index (χ3v) is 6.02. The van der Waals surface area contributed by atoms with Gasteiger partial charge in [0.05, 0.1) is 5.52 Å². The highest BCUT2D eigenvalue weighted by Gasteiger charge is 2.51. The van der Waals surface area contributed by atoms with Crippen molar-refractivity contribution in [2.45, 2.75) is 19.9 Å². The molecule has 5 rings (SSSR count). The summed E-state index contributed by atoms with van der Waals surface area (Å²) < 4.78 is 0. The molecule has 0 radical (unpaired) electrons. The number of carbonyl (C=O) groups is 1. The number of aromatic nitrogens is 5. The minimum absolute atomic E-state index is 0.141. The maximum atomic E-state index is 12.0. The highest BCUT2D eigenvalue weighted by molar-refractivity contribution is 5.91. The molecule has 31 heavy (non-hydrogen) atoms. The van der Waals surface area contributed by atoms with Gasteiger partial charge in [0.15, 0.2) is 17.2 Å². The van der Waals surface area contributed by atoms with Crippen LogP contribution in [-0.2, 0) is 13.0 Å². The van der Waals surface area contributed by atoms with Gasteiger partial charge in [-0.25, -0.2) is 9.97 Å². The van der Waals surface area contributed by atoms with E-state index in [0.29, 0.717) is 29.0 Å². The molecule has 1 amide bonds. The summed E-state index contributed by atoms with van der Waals surface area (Å²) >= 11 is 0. The van der Waals surface area contributed by atoms with Crippen LogP contribution >= 0.6 is 0 Å². The number of H-pyrrole nitrogens is 1. The van der Waals surface area contributed by atoms with Gasteiger partial charge in [-0.2, -0.15) is 0 Å². The van der Waals surface area contributed by atoms with Crippen LogP contribution in [0.1, 0.15) is 28.7 Å². The van der Waals surface area contributed by atoms with Gasteiger partial charge in [0.25, 0.3) is 11.5 Å². The average Bonchev–Trinajstić information content (AvgIpc) is 2.73. The third-order valence-electron chi connectivity index (χ3n) is 6.02. The molecule has 2 fully saturated rings. The fourth-order valence-electron chi connectivity index (χ4n) is 4.52. The van der Waals surface area contributed by atoms with E-state index < -0.39 is 0 Å². The van der Waals surface area contributed by atoms with Crippen LogP contribution in [0.4, 0.5) is 5.82 Å². The first kappa shape index (κ1) is 19.6. The number of amides is 1. The zero-order chi connectivity index (χ0) is 21.6. The van der Waals surface area contributed by atoms with Gasteiger partial charge in [-0.15, -0.1) is 10.2 Å². The first-order chi connectivity index (χ1) is 15.0. The molecule has 2 N–H and O–H groups in total. The van der Waals surface area contributed by atoms with E-state index in [1.165, 1.54) is 0 Å². The number of rotatable bonds is 5. The number of carbonyl (C=O) groups excluding carboxylic acids is 1. The molecule has 0 aromatic carbocycles. The molecule has 10 heteroatoms. The Morgan fingerprint density at radius 1 is 1.23 bits per heavy atom. The number of aromatic amines is 1. The zero-order valence-electron chi connectivity index (χ0n) is 17.6. The third kappa shape index (κ3) is 3.52. The minimum atomic E-state index is -0.234. The Morgan fingerprint density at radius 2 is 2.03 bits per heavy atom. The number of hydrogen-bond acceptors (Lipinski definition) is 8. The fraction of sp³-hybridized carbons (Fsp3) is 0.429. The van der Waals surface area contributed by atoms with E-state index in [1.54, 1.807) is 13.1 Å². The van der Waals surface area contributed by atoms with E-state index in [0.717, 1.165) is 44.1 Å². The molecular weight excluding hydrogens is 396 g/mol. The highest BCUT2D eigenvalue weighted by Crippen LogP contribution is 2.41. The van der Waals surface area contributed by atoms with Crippen molar-refractivity contribution >= 4 is 22.9 Å². The summed E-state index contributed by atoms with van der Waals surface area (Å²) in [4.78, 5) is 39.8. The van der Waals surface area contributed by atoms with Gasteiger partial charge < -0.3 is 15.2 Å². The Hall–Kier alpha value is -3.40. The molecule has 3 aromatic heterocycles. The zero-order valence-corrected chi connectivity index (χ0v) is 17.6. The molecule has 0 saturated carbocycles. The standard InChI is InChI=1S/C21H24N8O2/c1-3-14-20(31)25-16-6-13(7-23-18(16)24-14)8-28-9-21(10-28)11-29(12-21)17-5-4-15(26-27-17)19(30)22-2/h4-7H,3,8-12H2,1-2H3,(H,22,30)(H,25,31). The Bertz CT molecular complexity index is 1190. The van der Waals surface area contributed by atoms with E-state index >= 15 is 0 Å². The normalized spacial score (nSPS) is 17.4. The first-order valence-corrected chi connectivity index (χ1v) is 10.4. The smallest absolute Gasteiger partial charge is 0.271 e. The Morgan fingerprint density at radius 3 is 2.71 bits per heavy atom. The quantitative estimate of drug-likeness (QED) is 0.607. The van der Waals surface area contributed by atoms with Gasteiger partial charge in [0.2, 0.25) is 0 Å². The van der Waals surface area contributed by atoms with Crippen molar-refractivity contribution in [3.8, 4) is 0 Å². The van der Waals surface area contributed by atoms with Crippen molar-refractivity contribution in [1.29, 1.82) is 0 Å². The second-order valence-electron chi connectivity index (χ2n) is 8.44. The van der Waals surface area contributed by atoms with Crippen LogP contribution in [0.5, 0.6) is 0 Å². The Balaban J connectivity index is 1.17. The molecule has 0 bridgehead atoms. The number of anilines is 1. The van der Waals surface area contributed by atoms with E-state index in [1.807, 2.05) is 25.3 Å². The van der Waals surface area contributed by atoms with Crippen LogP contribution in [0.3, 0.4) is 0 Å². The van der Waals surface area contributed by atoms with Crippen molar-refractivity contribution < 1.29 is 4.79 Å². The predicted octanol–water partition coefficient (Wildman–Crippen LogP) is 0.352. The van der Waals surface area contributed by atoms with Gasteiger partial charge in [-0.3, -0.25) is 14.5 Å². The first-order valence-electron chi connectivity index (χ1n) is 10.4. The van der Waals surface area contributed by atoms with E-state index in [9.17, 15) is 9.59 Å². The predicted molar refractivity (Wildman–Crippen MR) is 115 cm³/mol. The molecule has 2 aliphatic heterocycles. The number of nitrogens with one attached hydrogen (secondary N) is 2.